The van der Waals surface area contributed by atoms with Gasteiger partial charge in [0.1, 0.15) is 12.1 Å². The minimum absolute atomic E-state index is 0.0677. The summed E-state index contributed by atoms with van der Waals surface area (Å²) in [6.07, 6.45) is 2.13. The average Bonchev–Trinajstić information content (AvgIpc) is 2.32. The molecule has 4 nitrogen and oxygen atoms in total. The summed E-state index contributed by atoms with van der Waals surface area (Å²) >= 11 is 0. The molecule has 2 N–H and O–H groups in total. The Morgan fingerprint density at radius 1 is 1.67 bits per heavy atom. The van der Waals surface area contributed by atoms with E-state index in [1.54, 1.807) is 0 Å². The van der Waals surface area contributed by atoms with Gasteiger partial charge in [-0.15, -0.1) is 0 Å². The molecule has 1 spiro atoms. The third kappa shape index (κ3) is 1.27. The Bertz CT molecular complexity index is 217. The molecule has 4 heteroatoms. The van der Waals surface area contributed by atoms with E-state index < -0.39 is 0 Å². The number of ether oxygens (including phenoxy) is 2. The third-order valence-electron chi connectivity index (χ3n) is 2.47. The lowest BCUT2D eigenvalue weighted by Crippen LogP contribution is -2.39. The molecule has 0 aromatic heterocycles. The summed E-state index contributed by atoms with van der Waals surface area (Å²) in [6, 6.07) is 0.337. The van der Waals surface area contributed by atoms with Crippen LogP contribution in [0.5, 0.6) is 0 Å². The van der Waals surface area contributed by atoms with Crippen molar-refractivity contribution in [3.63, 3.8) is 0 Å². The lowest BCUT2D eigenvalue weighted by atomic mass is 9.89. The summed E-state index contributed by atoms with van der Waals surface area (Å²) in [6.45, 7) is 3.46. The first-order chi connectivity index (χ1) is 5.70. The number of rotatable bonds is 0. The molecule has 0 radical (unpaired) electrons. The van der Waals surface area contributed by atoms with Gasteiger partial charge < -0.3 is 15.2 Å². The molecule has 1 fully saturated rings. The summed E-state index contributed by atoms with van der Waals surface area (Å²) in [5.41, 5.74) is 5.40. The van der Waals surface area contributed by atoms with E-state index in [0.717, 1.165) is 19.4 Å². The summed E-state index contributed by atoms with van der Waals surface area (Å²) in [5.74, 6) is 0. The lowest BCUT2D eigenvalue weighted by Gasteiger charge is -2.32. The molecule has 1 saturated heterocycles. The van der Waals surface area contributed by atoms with Crippen LogP contribution < -0.4 is 5.73 Å². The van der Waals surface area contributed by atoms with E-state index in [1.165, 1.54) is 0 Å². The molecule has 0 aromatic carbocycles. The first kappa shape index (κ1) is 7.86. The number of hydrogen-bond acceptors (Lipinski definition) is 4. The van der Waals surface area contributed by atoms with Gasteiger partial charge in [0.25, 0.3) is 6.02 Å². The summed E-state index contributed by atoms with van der Waals surface area (Å²) in [7, 11) is 0. The molecule has 0 saturated carbocycles. The van der Waals surface area contributed by atoms with Gasteiger partial charge in [0, 0.05) is 13.0 Å². The van der Waals surface area contributed by atoms with Crippen LogP contribution in [-0.4, -0.2) is 30.9 Å². The number of amidine groups is 1. The predicted octanol–water partition coefficient (Wildman–Crippen LogP) is 0.269. The van der Waals surface area contributed by atoms with E-state index in [4.69, 9.17) is 15.2 Å². The Hall–Kier alpha value is -0.770. The highest BCUT2D eigenvalue weighted by atomic mass is 16.5. The second kappa shape index (κ2) is 2.62. The zero-order chi connectivity index (χ0) is 8.60. The quantitative estimate of drug-likeness (QED) is 0.567. The van der Waals surface area contributed by atoms with Gasteiger partial charge in [0.15, 0.2) is 0 Å². The Balaban J connectivity index is 2.10. The monoisotopic (exact) mass is 170 g/mol. The summed E-state index contributed by atoms with van der Waals surface area (Å²) in [5, 5.41) is 0. The smallest absolute Gasteiger partial charge is 0.282 e. The van der Waals surface area contributed by atoms with Gasteiger partial charge in [-0.3, -0.25) is 0 Å². The molecule has 2 aliphatic heterocycles. The van der Waals surface area contributed by atoms with Crippen LogP contribution in [0.25, 0.3) is 0 Å². The second-order valence-electron chi connectivity index (χ2n) is 3.60. The van der Waals surface area contributed by atoms with E-state index in [0.29, 0.717) is 12.6 Å². The van der Waals surface area contributed by atoms with Crippen molar-refractivity contribution in [3.05, 3.63) is 0 Å². The van der Waals surface area contributed by atoms with Crippen molar-refractivity contribution in [2.24, 2.45) is 10.7 Å². The number of aliphatic imine (C=N–C) groups is 1. The van der Waals surface area contributed by atoms with Gasteiger partial charge >= 0.3 is 0 Å². The Kier molecular flexibility index (Phi) is 1.72. The minimum Gasteiger partial charge on any atom is -0.463 e. The first-order valence-electron chi connectivity index (χ1n) is 4.30. The Morgan fingerprint density at radius 3 is 3.08 bits per heavy atom. The molecule has 0 aromatic rings. The van der Waals surface area contributed by atoms with E-state index in [1.807, 2.05) is 0 Å². The molecule has 0 bridgehead atoms. The molecular formula is C8H14N2O2. The largest absolute Gasteiger partial charge is 0.463 e. The van der Waals surface area contributed by atoms with Crippen molar-refractivity contribution < 1.29 is 9.47 Å². The van der Waals surface area contributed by atoms with Crippen LogP contribution in [0, 0.1) is 0 Å². The average molecular weight is 170 g/mol. The van der Waals surface area contributed by atoms with Gasteiger partial charge in [0.2, 0.25) is 0 Å². The topological polar surface area (TPSA) is 56.8 Å². The van der Waals surface area contributed by atoms with Crippen molar-refractivity contribution in [1.29, 1.82) is 0 Å². The third-order valence-corrected chi connectivity index (χ3v) is 2.47. The highest BCUT2D eigenvalue weighted by Crippen LogP contribution is 2.31. The normalized spacial score (nSPS) is 41.1. The Morgan fingerprint density at radius 2 is 2.50 bits per heavy atom. The molecule has 0 aliphatic carbocycles. The zero-order valence-electron chi connectivity index (χ0n) is 7.25. The fourth-order valence-electron chi connectivity index (χ4n) is 1.89. The van der Waals surface area contributed by atoms with Gasteiger partial charge in [-0.25, -0.2) is 4.99 Å². The molecule has 0 amide bonds. The van der Waals surface area contributed by atoms with Crippen LogP contribution in [0.15, 0.2) is 4.99 Å². The zero-order valence-corrected chi connectivity index (χ0v) is 7.25. The number of hydrogen-bond donors (Lipinski definition) is 1. The first-order valence-corrected chi connectivity index (χ1v) is 4.30. The molecule has 2 atom stereocenters. The summed E-state index contributed by atoms with van der Waals surface area (Å²) < 4.78 is 10.6. The highest BCUT2D eigenvalue weighted by Gasteiger charge is 2.40. The van der Waals surface area contributed by atoms with Crippen molar-refractivity contribution in [1.82, 2.24) is 0 Å². The van der Waals surface area contributed by atoms with E-state index in [-0.39, 0.29) is 11.6 Å². The molecule has 2 unspecified atom stereocenters. The number of nitrogens with two attached hydrogens (primary N) is 1. The fraction of sp³-hybridized carbons (Fsp3) is 0.875. The molecular weight excluding hydrogens is 156 g/mol. The summed E-state index contributed by atoms with van der Waals surface area (Å²) in [4.78, 5) is 4.32. The van der Waals surface area contributed by atoms with Crippen molar-refractivity contribution in [2.75, 3.05) is 13.2 Å². The van der Waals surface area contributed by atoms with Crippen molar-refractivity contribution >= 4 is 6.02 Å². The molecule has 68 valence electrons. The lowest BCUT2D eigenvalue weighted by molar-refractivity contribution is -0.0127. The molecule has 2 heterocycles. The van der Waals surface area contributed by atoms with Gasteiger partial charge in [-0.2, -0.15) is 0 Å². The standard InChI is InChI=1S/C8H14N2O2/c1-6-4-8(2-3-11-6)5-12-7(9)10-8/h6H,2-5H2,1H3,(H2,9,10). The van der Waals surface area contributed by atoms with Crippen LogP contribution in [-0.2, 0) is 9.47 Å². The van der Waals surface area contributed by atoms with Crippen LogP contribution in [0.3, 0.4) is 0 Å². The van der Waals surface area contributed by atoms with Crippen molar-refractivity contribution in [2.45, 2.75) is 31.4 Å². The van der Waals surface area contributed by atoms with E-state index in [9.17, 15) is 0 Å². The van der Waals surface area contributed by atoms with Gasteiger partial charge in [-0.1, -0.05) is 0 Å². The molecule has 2 aliphatic rings. The van der Waals surface area contributed by atoms with Crippen LogP contribution in [0.1, 0.15) is 19.8 Å². The Labute approximate surface area is 71.7 Å². The van der Waals surface area contributed by atoms with Crippen LogP contribution in [0.2, 0.25) is 0 Å². The fourth-order valence-corrected chi connectivity index (χ4v) is 1.89. The SMILES string of the molecule is CC1CC2(CCO1)COC(N)=N2. The maximum atomic E-state index is 5.47. The minimum atomic E-state index is -0.0677. The van der Waals surface area contributed by atoms with Crippen LogP contribution in [0.4, 0.5) is 0 Å². The molecule has 2 rings (SSSR count). The van der Waals surface area contributed by atoms with Gasteiger partial charge in [0.05, 0.1) is 6.10 Å². The maximum Gasteiger partial charge on any atom is 0.282 e. The van der Waals surface area contributed by atoms with Crippen LogP contribution >= 0.6 is 0 Å². The highest BCUT2D eigenvalue weighted by molar-refractivity contribution is 5.73. The number of nitrogens with zero attached hydrogens (tertiary/aromatic N) is 1. The molecule has 12 heavy (non-hydrogen) atoms. The predicted molar refractivity (Wildman–Crippen MR) is 45.0 cm³/mol. The second-order valence-corrected chi connectivity index (χ2v) is 3.60. The van der Waals surface area contributed by atoms with Gasteiger partial charge in [-0.05, 0) is 13.3 Å². The van der Waals surface area contributed by atoms with E-state index >= 15 is 0 Å². The van der Waals surface area contributed by atoms with Crippen molar-refractivity contribution in [3.8, 4) is 0 Å². The maximum absolute atomic E-state index is 5.47. The van der Waals surface area contributed by atoms with E-state index in [2.05, 4.69) is 11.9 Å².